The highest BCUT2D eigenvalue weighted by Gasteiger charge is 2.32. The first-order valence-corrected chi connectivity index (χ1v) is 11.0. The molecule has 2 aliphatic rings. The number of hydrogen-bond donors (Lipinski definition) is 1. The first kappa shape index (κ1) is 22.4. The van der Waals surface area contributed by atoms with Crippen molar-refractivity contribution >= 4 is 17.5 Å². The van der Waals surface area contributed by atoms with Gasteiger partial charge in [0.2, 0.25) is 11.8 Å². The van der Waals surface area contributed by atoms with Crippen LogP contribution >= 0.6 is 0 Å². The number of hydrogen-bond acceptors (Lipinski definition) is 4. The van der Waals surface area contributed by atoms with Gasteiger partial charge in [0.05, 0.1) is 5.92 Å². The molecule has 1 aromatic carbocycles. The zero-order valence-electron chi connectivity index (χ0n) is 18.0. The number of amides is 2. The molecule has 0 bridgehead atoms. The summed E-state index contributed by atoms with van der Waals surface area (Å²) in [5.41, 5.74) is 2.23. The van der Waals surface area contributed by atoms with Crippen molar-refractivity contribution in [3.8, 4) is 0 Å². The molecule has 1 aromatic rings. The van der Waals surface area contributed by atoms with Crippen LogP contribution in [0.5, 0.6) is 0 Å². The molecule has 3 rings (SSSR count). The van der Waals surface area contributed by atoms with E-state index in [4.69, 9.17) is 0 Å². The van der Waals surface area contributed by atoms with Gasteiger partial charge in [-0.05, 0) is 50.0 Å². The molecule has 0 radical (unpaired) electrons. The number of carbonyl (C=O) groups is 2. The highest BCUT2D eigenvalue weighted by atomic mass is 16.2. The fraction of sp³-hybridized carbons (Fsp3) is 0.652. The van der Waals surface area contributed by atoms with Crippen molar-refractivity contribution < 1.29 is 9.59 Å². The van der Waals surface area contributed by atoms with Crippen LogP contribution in [0, 0.1) is 0 Å². The van der Waals surface area contributed by atoms with Crippen molar-refractivity contribution in [2.24, 2.45) is 0 Å². The maximum Gasteiger partial charge on any atom is 0.234 e. The van der Waals surface area contributed by atoms with Crippen LogP contribution in [0.1, 0.15) is 71.3 Å². The van der Waals surface area contributed by atoms with E-state index in [-0.39, 0.29) is 17.7 Å². The second-order valence-electron chi connectivity index (χ2n) is 7.90. The maximum atomic E-state index is 12.0. The Morgan fingerprint density at radius 3 is 2.07 bits per heavy atom. The van der Waals surface area contributed by atoms with Gasteiger partial charge in [0.1, 0.15) is 0 Å². The number of rotatable bonds is 7. The molecule has 0 spiro atoms. The van der Waals surface area contributed by atoms with Gasteiger partial charge in [-0.1, -0.05) is 46.2 Å². The zero-order chi connectivity index (χ0) is 20.5. The van der Waals surface area contributed by atoms with Crippen LogP contribution in [0.2, 0.25) is 0 Å². The number of nitrogens with zero attached hydrogens (tertiary/aromatic N) is 2. The highest BCUT2D eigenvalue weighted by Crippen LogP contribution is 2.29. The summed E-state index contributed by atoms with van der Waals surface area (Å²) >= 11 is 0. The molecule has 2 amide bonds. The molecule has 156 valence electrons. The Hall–Kier alpha value is -1.88. The van der Waals surface area contributed by atoms with Crippen LogP contribution in [-0.4, -0.2) is 48.9 Å². The number of carbonyl (C=O) groups excluding carboxylic acids is 2. The predicted octanol–water partition coefficient (Wildman–Crippen LogP) is 3.93. The van der Waals surface area contributed by atoms with Crippen LogP contribution in [0.4, 0.5) is 5.69 Å². The Balaban J connectivity index is 0.000000878. The van der Waals surface area contributed by atoms with E-state index in [1.165, 1.54) is 38.0 Å². The molecule has 1 N–H and O–H groups in total. The Labute approximate surface area is 170 Å². The monoisotopic (exact) mass is 387 g/mol. The van der Waals surface area contributed by atoms with Gasteiger partial charge in [-0.2, -0.15) is 0 Å². The molecule has 0 saturated carbocycles. The van der Waals surface area contributed by atoms with Gasteiger partial charge in [-0.15, -0.1) is 0 Å². The van der Waals surface area contributed by atoms with Crippen molar-refractivity contribution in [1.82, 2.24) is 10.2 Å². The summed E-state index contributed by atoms with van der Waals surface area (Å²) in [5.74, 6) is -0.517. The summed E-state index contributed by atoms with van der Waals surface area (Å²) in [7, 11) is 0. The lowest BCUT2D eigenvalue weighted by molar-refractivity contribution is -0.134. The molecular formula is C23H37N3O2. The van der Waals surface area contributed by atoms with E-state index in [0.717, 1.165) is 18.7 Å². The molecule has 5 nitrogen and oxygen atoms in total. The minimum atomic E-state index is -0.194. The number of piperidine rings is 1. The lowest BCUT2D eigenvalue weighted by Gasteiger charge is -2.47. The fourth-order valence-electron chi connectivity index (χ4n) is 3.88. The summed E-state index contributed by atoms with van der Waals surface area (Å²) in [6, 6.07) is 8.96. The van der Waals surface area contributed by atoms with Gasteiger partial charge in [-0.25, -0.2) is 0 Å². The normalized spacial score (nSPS) is 19.8. The third-order valence-corrected chi connectivity index (χ3v) is 5.30. The molecule has 5 heteroatoms. The van der Waals surface area contributed by atoms with Crippen LogP contribution in [0.25, 0.3) is 0 Å². The number of benzene rings is 1. The summed E-state index contributed by atoms with van der Waals surface area (Å²) in [6.07, 6.45) is 4.70. The van der Waals surface area contributed by atoms with Crippen molar-refractivity contribution in [3.05, 3.63) is 29.8 Å². The lowest BCUT2D eigenvalue weighted by Crippen LogP contribution is -2.59. The molecular weight excluding hydrogens is 350 g/mol. The summed E-state index contributed by atoms with van der Waals surface area (Å²) < 4.78 is 0. The van der Waals surface area contributed by atoms with Gasteiger partial charge < -0.3 is 4.90 Å². The fourth-order valence-corrected chi connectivity index (χ4v) is 3.88. The Kier molecular flexibility index (Phi) is 8.97. The van der Waals surface area contributed by atoms with Gasteiger partial charge in [0.15, 0.2) is 0 Å². The minimum absolute atomic E-state index is 0.159. The summed E-state index contributed by atoms with van der Waals surface area (Å²) in [4.78, 5) is 28.3. The number of anilines is 1. The number of nitrogens with one attached hydrogen (secondary N) is 1. The third-order valence-electron chi connectivity index (χ3n) is 5.30. The first-order valence-electron chi connectivity index (χ1n) is 11.0. The molecule has 2 aliphatic heterocycles. The smallest absolute Gasteiger partial charge is 0.234 e. The van der Waals surface area contributed by atoms with Crippen molar-refractivity contribution in [2.45, 2.75) is 71.8 Å². The Morgan fingerprint density at radius 2 is 1.57 bits per heavy atom. The summed E-state index contributed by atoms with van der Waals surface area (Å²) in [5, 5.41) is 2.44. The average Bonchev–Trinajstić information content (AvgIpc) is 2.62. The highest BCUT2D eigenvalue weighted by molar-refractivity contribution is 6.00. The van der Waals surface area contributed by atoms with Crippen LogP contribution in [-0.2, 0) is 9.59 Å². The van der Waals surface area contributed by atoms with Crippen LogP contribution < -0.4 is 10.2 Å². The molecule has 28 heavy (non-hydrogen) atoms. The van der Waals surface area contributed by atoms with E-state index in [9.17, 15) is 9.59 Å². The minimum Gasteiger partial charge on any atom is -0.368 e. The largest absolute Gasteiger partial charge is 0.368 e. The quantitative estimate of drug-likeness (QED) is 0.720. The predicted molar refractivity (Wildman–Crippen MR) is 116 cm³/mol. The van der Waals surface area contributed by atoms with E-state index < -0.39 is 0 Å². The van der Waals surface area contributed by atoms with Gasteiger partial charge >= 0.3 is 0 Å². The number of imide groups is 1. The van der Waals surface area contributed by atoms with E-state index >= 15 is 0 Å². The van der Waals surface area contributed by atoms with Crippen LogP contribution in [0.3, 0.4) is 0 Å². The van der Waals surface area contributed by atoms with Gasteiger partial charge in [-0.3, -0.25) is 19.8 Å². The second kappa shape index (κ2) is 11.2. The molecule has 0 aromatic heterocycles. The van der Waals surface area contributed by atoms with E-state index in [0.29, 0.717) is 18.9 Å². The lowest BCUT2D eigenvalue weighted by atomic mass is 9.90. The van der Waals surface area contributed by atoms with Gasteiger partial charge in [0.25, 0.3) is 0 Å². The second-order valence-corrected chi connectivity index (χ2v) is 7.90. The Bertz CT molecular complexity index is 617. The average molecular weight is 388 g/mol. The molecule has 1 atom stereocenters. The van der Waals surface area contributed by atoms with E-state index in [2.05, 4.69) is 54.9 Å². The maximum absolute atomic E-state index is 12.0. The van der Waals surface area contributed by atoms with Crippen molar-refractivity contribution in [3.63, 3.8) is 0 Å². The zero-order valence-corrected chi connectivity index (χ0v) is 18.0. The van der Waals surface area contributed by atoms with E-state index in [1.54, 1.807) is 0 Å². The van der Waals surface area contributed by atoms with Crippen molar-refractivity contribution in [1.29, 1.82) is 0 Å². The Morgan fingerprint density at radius 1 is 1.00 bits per heavy atom. The third kappa shape index (κ3) is 5.81. The van der Waals surface area contributed by atoms with Crippen LogP contribution in [0.15, 0.2) is 24.3 Å². The molecule has 0 aliphatic carbocycles. The first-order chi connectivity index (χ1) is 13.5. The van der Waals surface area contributed by atoms with Gasteiger partial charge in [0, 0.05) is 31.2 Å². The molecule has 2 saturated heterocycles. The SMILES string of the molecule is CCC.CCCN(CCC)C1CN(c2ccc(C3CCC(=O)NC3=O)cc2)C1. The van der Waals surface area contributed by atoms with Crippen molar-refractivity contribution in [2.75, 3.05) is 31.1 Å². The topological polar surface area (TPSA) is 52.6 Å². The molecule has 2 fully saturated rings. The van der Waals surface area contributed by atoms with E-state index in [1.807, 2.05) is 12.1 Å². The summed E-state index contributed by atoms with van der Waals surface area (Å²) in [6.45, 7) is 13.3. The molecule has 1 unspecified atom stereocenters. The molecule has 2 heterocycles. The standard InChI is InChI=1S/C20H29N3O2.C3H8/c1-3-11-22(12-4-2)17-13-23(14-17)16-7-5-15(6-8-16)18-9-10-19(24)21-20(18)25;1-3-2/h5-8,17-18H,3-4,9-14H2,1-2H3,(H,21,24,25);3H2,1-2H3.